The van der Waals surface area contributed by atoms with Gasteiger partial charge in [0.2, 0.25) is 0 Å². The molecule has 0 aliphatic carbocycles. The van der Waals surface area contributed by atoms with Gasteiger partial charge in [0.1, 0.15) is 0 Å². The Bertz CT molecular complexity index is 562. The van der Waals surface area contributed by atoms with Crippen molar-refractivity contribution in [2.75, 3.05) is 11.9 Å². The quantitative estimate of drug-likeness (QED) is 0.817. The fourth-order valence-electron chi connectivity index (χ4n) is 2.00. The van der Waals surface area contributed by atoms with Crippen LogP contribution in [-0.2, 0) is 11.2 Å². The lowest BCUT2D eigenvalue weighted by molar-refractivity contribution is 0.0378. The van der Waals surface area contributed by atoms with Crippen molar-refractivity contribution in [3.8, 4) is 0 Å². The van der Waals surface area contributed by atoms with E-state index in [1.807, 2.05) is 44.2 Å². The summed E-state index contributed by atoms with van der Waals surface area (Å²) in [5, 5.41) is 3.35. The number of benzene rings is 2. The first-order valence-electron chi connectivity index (χ1n) is 7.24. The van der Waals surface area contributed by atoms with E-state index in [0.29, 0.717) is 5.56 Å². The molecular formula is C18H21NO2. The molecule has 110 valence electrons. The minimum Gasteiger partial charge on any atom is -0.459 e. The SMILES string of the molecule is CC(C)OC(=O)c1ccc(NCCc2ccccc2)cc1. The Morgan fingerprint density at radius 3 is 2.33 bits per heavy atom. The summed E-state index contributed by atoms with van der Waals surface area (Å²) in [4.78, 5) is 11.7. The van der Waals surface area contributed by atoms with E-state index in [2.05, 4.69) is 17.4 Å². The lowest BCUT2D eigenvalue weighted by atomic mass is 10.1. The number of rotatable bonds is 6. The molecule has 0 unspecified atom stereocenters. The minimum atomic E-state index is -0.277. The summed E-state index contributed by atoms with van der Waals surface area (Å²) in [6.45, 7) is 4.55. The third kappa shape index (κ3) is 4.95. The maximum Gasteiger partial charge on any atom is 0.338 e. The molecule has 0 saturated heterocycles. The van der Waals surface area contributed by atoms with Crippen LogP contribution in [0.25, 0.3) is 0 Å². The van der Waals surface area contributed by atoms with E-state index in [1.54, 1.807) is 12.1 Å². The maximum absolute atomic E-state index is 11.7. The van der Waals surface area contributed by atoms with Gasteiger partial charge in [-0.1, -0.05) is 30.3 Å². The minimum absolute atomic E-state index is 0.0961. The molecule has 21 heavy (non-hydrogen) atoms. The molecule has 0 saturated carbocycles. The molecule has 0 aromatic heterocycles. The Morgan fingerprint density at radius 1 is 1.05 bits per heavy atom. The zero-order chi connectivity index (χ0) is 15.1. The molecule has 0 bridgehead atoms. The van der Waals surface area contributed by atoms with E-state index < -0.39 is 0 Å². The van der Waals surface area contributed by atoms with E-state index in [-0.39, 0.29) is 12.1 Å². The normalized spacial score (nSPS) is 10.4. The maximum atomic E-state index is 11.7. The zero-order valence-electron chi connectivity index (χ0n) is 12.5. The van der Waals surface area contributed by atoms with Gasteiger partial charge in [-0.2, -0.15) is 0 Å². The predicted molar refractivity (Wildman–Crippen MR) is 85.6 cm³/mol. The van der Waals surface area contributed by atoms with Gasteiger partial charge in [-0.25, -0.2) is 4.79 Å². The molecule has 3 nitrogen and oxygen atoms in total. The Morgan fingerprint density at radius 2 is 1.71 bits per heavy atom. The number of ether oxygens (including phenoxy) is 1. The van der Waals surface area contributed by atoms with Crippen LogP contribution >= 0.6 is 0 Å². The predicted octanol–water partition coefficient (Wildman–Crippen LogP) is 3.91. The summed E-state index contributed by atoms with van der Waals surface area (Å²) in [6.07, 6.45) is 0.874. The fourth-order valence-corrected chi connectivity index (χ4v) is 2.00. The number of hydrogen-bond acceptors (Lipinski definition) is 3. The van der Waals surface area contributed by atoms with Crippen LogP contribution in [0.1, 0.15) is 29.8 Å². The fraction of sp³-hybridized carbons (Fsp3) is 0.278. The molecule has 0 atom stereocenters. The smallest absolute Gasteiger partial charge is 0.338 e. The van der Waals surface area contributed by atoms with Crippen LogP contribution in [-0.4, -0.2) is 18.6 Å². The van der Waals surface area contributed by atoms with Gasteiger partial charge in [0.15, 0.2) is 0 Å². The van der Waals surface area contributed by atoms with E-state index >= 15 is 0 Å². The third-order valence-electron chi connectivity index (χ3n) is 3.05. The van der Waals surface area contributed by atoms with Gasteiger partial charge in [-0.15, -0.1) is 0 Å². The van der Waals surface area contributed by atoms with E-state index in [1.165, 1.54) is 5.56 Å². The summed E-state index contributed by atoms with van der Waals surface area (Å²) in [5.41, 5.74) is 2.89. The Balaban J connectivity index is 1.84. The summed E-state index contributed by atoms with van der Waals surface area (Å²) in [6, 6.07) is 17.7. The average molecular weight is 283 g/mol. The van der Waals surface area contributed by atoms with Crippen LogP contribution in [0.15, 0.2) is 54.6 Å². The molecule has 0 spiro atoms. The van der Waals surface area contributed by atoms with Gasteiger partial charge < -0.3 is 10.1 Å². The highest BCUT2D eigenvalue weighted by Crippen LogP contribution is 2.11. The number of esters is 1. The standard InChI is InChI=1S/C18H21NO2/c1-14(2)21-18(20)16-8-10-17(11-9-16)19-13-12-15-6-4-3-5-7-15/h3-11,14,19H,12-13H2,1-2H3. The molecule has 2 aromatic carbocycles. The lowest BCUT2D eigenvalue weighted by Crippen LogP contribution is -2.11. The van der Waals surface area contributed by atoms with Gasteiger partial charge in [0.25, 0.3) is 0 Å². The van der Waals surface area contributed by atoms with Crippen molar-refractivity contribution >= 4 is 11.7 Å². The highest BCUT2D eigenvalue weighted by Gasteiger charge is 2.08. The molecule has 0 radical (unpaired) electrons. The van der Waals surface area contributed by atoms with Crippen molar-refractivity contribution < 1.29 is 9.53 Å². The molecule has 2 rings (SSSR count). The molecule has 0 fully saturated rings. The Hall–Kier alpha value is -2.29. The molecule has 2 aromatic rings. The second-order valence-corrected chi connectivity index (χ2v) is 5.19. The van der Waals surface area contributed by atoms with Crippen molar-refractivity contribution in [2.24, 2.45) is 0 Å². The Kier molecular flexibility index (Phi) is 5.38. The van der Waals surface area contributed by atoms with E-state index in [4.69, 9.17) is 4.74 Å². The van der Waals surface area contributed by atoms with Crippen molar-refractivity contribution in [1.82, 2.24) is 0 Å². The largest absolute Gasteiger partial charge is 0.459 e. The van der Waals surface area contributed by atoms with Crippen LogP contribution in [0.2, 0.25) is 0 Å². The monoisotopic (exact) mass is 283 g/mol. The number of carbonyl (C=O) groups is 1. The van der Waals surface area contributed by atoms with Gasteiger partial charge >= 0.3 is 5.97 Å². The topological polar surface area (TPSA) is 38.3 Å². The first kappa shape index (κ1) is 15.1. The Labute approximate surface area is 126 Å². The van der Waals surface area contributed by atoms with Crippen LogP contribution < -0.4 is 5.32 Å². The molecule has 0 aliphatic rings. The first-order valence-corrected chi connectivity index (χ1v) is 7.24. The van der Waals surface area contributed by atoms with Crippen LogP contribution in [0.3, 0.4) is 0 Å². The highest BCUT2D eigenvalue weighted by molar-refractivity contribution is 5.89. The molecule has 0 amide bonds. The van der Waals surface area contributed by atoms with Crippen molar-refractivity contribution in [3.05, 3.63) is 65.7 Å². The molecule has 0 heterocycles. The second-order valence-electron chi connectivity index (χ2n) is 5.19. The average Bonchev–Trinajstić information content (AvgIpc) is 2.48. The van der Waals surface area contributed by atoms with Gasteiger partial charge in [-0.05, 0) is 50.1 Å². The zero-order valence-corrected chi connectivity index (χ0v) is 12.5. The summed E-state index contributed by atoms with van der Waals surface area (Å²) < 4.78 is 5.16. The lowest BCUT2D eigenvalue weighted by Gasteiger charge is -2.09. The second kappa shape index (κ2) is 7.48. The number of nitrogens with one attached hydrogen (secondary N) is 1. The van der Waals surface area contributed by atoms with E-state index in [9.17, 15) is 4.79 Å². The van der Waals surface area contributed by atoms with Crippen LogP contribution in [0, 0.1) is 0 Å². The molecule has 1 N–H and O–H groups in total. The molecule has 0 aliphatic heterocycles. The first-order chi connectivity index (χ1) is 10.1. The summed E-state index contributed by atoms with van der Waals surface area (Å²) >= 11 is 0. The number of anilines is 1. The molecule has 3 heteroatoms. The highest BCUT2D eigenvalue weighted by atomic mass is 16.5. The van der Waals surface area contributed by atoms with Crippen molar-refractivity contribution in [3.63, 3.8) is 0 Å². The van der Waals surface area contributed by atoms with Crippen LogP contribution in [0.4, 0.5) is 5.69 Å². The van der Waals surface area contributed by atoms with Gasteiger partial charge in [0, 0.05) is 12.2 Å². The number of carbonyl (C=O) groups excluding carboxylic acids is 1. The van der Waals surface area contributed by atoms with Crippen molar-refractivity contribution in [2.45, 2.75) is 26.4 Å². The summed E-state index contributed by atoms with van der Waals surface area (Å²) in [5.74, 6) is -0.277. The van der Waals surface area contributed by atoms with E-state index in [0.717, 1.165) is 18.7 Å². The number of hydrogen-bond donors (Lipinski definition) is 1. The molecular weight excluding hydrogens is 262 g/mol. The van der Waals surface area contributed by atoms with Gasteiger partial charge in [0.05, 0.1) is 11.7 Å². The van der Waals surface area contributed by atoms with Crippen molar-refractivity contribution in [1.29, 1.82) is 0 Å². The van der Waals surface area contributed by atoms with Gasteiger partial charge in [-0.3, -0.25) is 0 Å². The van der Waals surface area contributed by atoms with Crippen LogP contribution in [0.5, 0.6) is 0 Å². The third-order valence-corrected chi connectivity index (χ3v) is 3.05. The summed E-state index contributed by atoms with van der Waals surface area (Å²) in [7, 11) is 0.